The maximum absolute atomic E-state index is 12.0. The number of nitrogens with zero attached hydrogens (tertiary/aromatic N) is 3. The summed E-state index contributed by atoms with van der Waals surface area (Å²) < 4.78 is 0. The second-order valence-electron chi connectivity index (χ2n) is 4.77. The SMILES string of the molecule is O=C(NCc1ncnc(Cl)c1[N+](=O)[O-])C1CCCCC1. The summed E-state index contributed by atoms with van der Waals surface area (Å²) in [6, 6.07) is 0. The van der Waals surface area contributed by atoms with E-state index in [9.17, 15) is 14.9 Å². The molecule has 0 spiro atoms. The predicted octanol–water partition coefficient (Wildman–Crippen LogP) is 2.23. The van der Waals surface area contributed by atoms with Gasteiger partial charge in [-0.05, 0) is 12.8 Å². The van der Waals surface area contributed by atoms with Crippen LogP contribution in [-0.2, 0) is 11.3 Å². The minimum absolute atomic E-state index is 0.000107. The molecule has 0 aromatic carbocycles. The summed E-state index contributed by atoms with van der Waals surface area (Å²) in [5.74, 6) is -0.0751. The molecule has 1 N–H and O–H groups in total. The Morgan fingerprint density at radius 3 is 2.75 bits per heavy atom. The van der Waals surface area contributed by atoms with Crippen LogP contribution in [-0.4, -0.2) is 20.8 Å². The van der Waals surface area contributed by atoms with Crippen LogP contribution in [0.2, 0.25) is 5.15 Å². The molecule has 2 rings (SSSR count). The third-order valence-electron chi connectivity index (χ3n) is 3.44. The van der Waals surface area contributed by atoms with Crippen molar-refractivity contribution in [3.63, 3.8) is 0 Å². The molecule has 1 aromatic heterocycles. The molecular weight excluding hydrogens is 284 g/mol. The number of nitro groups is 1. The molecule has 1 fully saturated rings. The van der Waals surface area contributed by atoms with E-state index in [1.165, 1.54) is 0 Å². The quantitative estimate of drug-likeness (QED) is 0.522. The van der Waals surface area contributed by atoms with E-state index < -0.39 is 4.92 Å². The van der Waals surface area contributed by atoms with Crippen LogP contribution in [0.15, 0.2) is 6.33 Å². The number of hydrogen-bond acceptors (Lipinski definition) is 5. The molecule has 0 atom stereocenters. The first-order chi connectivity index (χ1) is 9.59. The van der Waals surface area contributed by atoms with Gasteiger partial charge in [0.2, 0.25) is 11.1 Å². The zero-order chi connectivity index (χ0) is 14.5. The first kappa shape index (κ1) is 14.6. The number of amides is 1. The molecule has 0 radical (unpaired) electrons. The van der Waals surface area contributed by atoms with Crippen molar-refractivity contribution in [2.24, 2.45) is 5.92 Å². The van der Waals surface area contributed by atoms with Crippen LogP contribution < -0.4 is 5.32 Å². The summed E-state index contributed by atoms with van der Waals surface area (Å²) in [5, 5.41) is 13.4. The fourth-order valence-electron chi connectivity index (χ4n) is 2.38. The van der Waals surface area contributed by atoms with Crippen molar-refractivity contribution < 1.29 is 9.72 Å². The van der Waals surface area contributed by atoms with E-state index in [-0.39, 0.29) is 34.9 Å². The number of hydrogen-bond donors (Lipinski definition) is 1. The molecular formula is C12H15ClN4O3. The minimum atomic E-state index is -0.634. The van der Waals surface area contributed by atoms with E-state index in [4.69, 9.17) is 11.6 Å². The molecule has 7 nitrogen and oxygen atoms in total. The summed E-state index contributed by atoms with van der Waals surface area (Å²) in [4.78, 5) is 29.7. The maximum atomic E-state index is 12.0. The summed E-state index contributed by atoms with van der Waals surface area (Å²) in [6.45, 7) is -0.00606. The summed E-state index contributed by atoms with van der Waals surface area (Å²) in [5.41, 5.74) is -0.225. The Morgan fingerprint density at radius 2 is 2.10 bits per heavy atom. The molecule has 0 aliphatic heterocycles. The standard InChI is InChI=1S/C12H15ClN4O3/c13-11-10(17(19)20)9(15-7-16-11)6-14-12(18)8-4-2-1-3-5-8/h7-8H,1-6H2,(H,14,18). The topological polar surface area (TPSA) is 98.0 Å². The molecule has 108 valence electrons. The molecule has 1 amide bonds. The van der Waals surface area contributed by atoms with Crippen LogP contribution in [0.5, 0.6) is 0 Å². The van der Waals surface area contributed by atoms with E-state index in [1.807, 2.05) is 0 Å². The Morgan fingerprint density at radius 1 is 1.40 bits per heavy atom. The van der Waals surface area contributed by atoms with E-state index in [1.54, 1.807) is 0 Å². The van der Waals surface area contributed by atoms with Gasteiger partial charge in [0.15, 0.2) is 0 Å². The monoisotopic (exact) mass is 298 g/mol. The second kappa shape index (κ2) is 6.60. The van der Waals surface area contributed by atoms with Crippen LogP contribution in [0.3, 0.4) is 0 Å². The molecule has 1 aliphatic carbocycles. The zero-order valence-electron chi connectivity index (χ0n) is 10.8. The molecule has 0 unspecified atom stereocenters. The Kier molecular flexibility index (Phi) is 4.84. The molecule has 1 aromatic rings. The number of aromatic nitrogens is 2. The van der Waals surface area contributed by atoms with Crippen molar-refractivity contribution in [3.8, 4) is 0 Å². The number of nitrogens with one attached hydrogen (secondary N) is 1. The van der Waals surface area contributed by atoms with Crippen molar-refractivity contribution in [2.75, 3.05) is 0 Å². The highest BCUT2D eigenvalue weighted by molar-refractivity contribution is 6.31. The fraction of sp³-hybridized carbons (Fsp3) is 0.583. The van der Waals surface area contributed by atoms with Crippen LogP contribution in [0.1, 0.15) is 37.8 Å². The molecule has 20 heavy (non-hydrogen) atoms. The molecule has 8 heteroatoms. The van der Waals surface area contributed by atoms with E-state index in [2.05, 4.69) is 15.3 Å². The third kappa shape index (κ3) is 3.41. The zero-order valence-corrected chi connectivity index (χ0v) is 11.6. The van der Waals surface area contributed by atoms with Gasteiger partial charge in [-0.3, -0.25) is 14.9 Å². The Balaban J connectivity index is 2.02. The van der Waals surface area contributed by atoms with Crippen LogP contribution in [0.4, 0.5) is 5.69 Å². The molecule has 0 saturated heterocycles. The predicted molar refractivity (Wildman–Crippen MR) is 72.1 cm³/mol. The van der Waals surface area contributed by atoms with Crippen molar-refractivity contribution >= 4 is 23.2 Å². The minimum Gasteiger partial charge on any atom is -0.350 e. The number of halogens is 1. The normalized spacial score (nSPS) is 15.8. The summed E-state index contributed by atoms with van der Waals surface area (Å²) in [6.07, 6.45) is 6.17. The lowest BCUT2D eigenvalue weighted by Crippen LogP contribution is -2.32. The average Bonchev–Trinajstić information content (AvgIpc) is 2.45. The molecule has 1 saturated carbocycles. The van der Waals surface area contributed by atoms with Crippen molar-refractivity contribution in [3.05, 3.63) is 27.3 Å². The number of carbonyl (C=O) groups excluding carboxylic acids is 1. The van der Waals surface area contributed by atoms with E-state index >= 15 is 0 Å². The largest absolute Gasteiger partial charge is 0.350 e. The molecule has 0 bridgehead atoms. The van der Waals surface area contributed by atoms with Gasteiger partial charge in [0.1, 0.15) is 12.0 Å². The van der Waals surface area contributed by atoms with Gasteiger partial charge in [-0.1, -0.05) is 30.9 Å². The van der Waals surface area contributed by atoms with Gasteiger partial charge < -0.3 is 5.32 Å². The van der Waals surface area contributed by atoms with Gasteiger partial charge in [0.05, 0.1) is 11.5 Å². The summed E-state index contributed by atoms with van der Waals surface area (Å²) >= 11 is 5.68. The second-order valence-corrected chi connectivity index (χ2v) is 5.13. The van der Waals surface area contributed by atoms with Gasteiger partial charge in [-0.25, -0.2) is 9.97 Å². The van der Waals surface area contributed by atoms with Gasteiger partial charge in [0, 0.05) is 5.92 Å². The summed E-state index contributed by atoms with van der Waals surface area (Å²) in [7, 11) is 0. The van der Waals surface area contributed by atoms with Crippen molar-refractivity contribution in [1.82, 2.24) is 15.3 Å². The van der Waals surface area contributed by atoms with Crippen LogP contribution in [0, 0.1) is 16.0 Å². The fourth-order valence-corrected chi connectivity index (χ4v) is 2.60. The van der Waals surface area contributed by atoms with E-state index in [0.717, 1.165) is 38.4 Å². The lowest BCUT2D eigenvalue weighted by molar-refractivity contribution is -0.386. The highest BCUT2D eigenvalue weighted by Crippen LogP contribution is 2.25. The Labute approximate surface area is 120 Å². The highest BCUT2D eigenvalue weighted by atomic mass is 35.5. The lowest BCUT2D eigenvalue weighted by Gasteiger charge is -2.20. The Bertz CT molecular complexity index is 517. The number of carbonyl (C=O) groups is 1. The Hall–Kier alpha value is -1.76. The number of rotatable bonds is 4. The maximum Gasteiger partial charge on any atom is 0.329 e. The lowest BCUT2D eigenvalue weighted by atomic mass is 9.89. The molecule has 1 heterocycles. The van der Waals surface area contributed by atoms with Gasteiger partial charge >= 0.3 is 5.69 Å². The van der Waals surface area contributed by atoms with Crippen molar-refractivity contribution in [2.45, 2.75) is 38.6 Å². The van der Waals surface area contributed by atoms with Gasteiger partial charge in [-0.15, -0.1) is 0 Å². The first-order valence-electron chi connectivity index (χ1n) is 6.51. The van der Waals surface area contributed by atoms with Gasteiger partial charge in [-0.2, -0.15) is 0 Å². The van der Waals surface area contributed by atoms with Crippen LogP contribution >= 0.6 is 11.6 Å². The smallest absolute Gasteiger partial charge is 0.329 e. The average molecular weight is 299 g/mol. The van der Waals surface area contributed by atoms with Crippen molar-refractivity contribution in [1.29, 1.82) is 0 Å². The molecule has 1 aliphatic rings. The van der Waals surface area contributed by atoms with Crippen LogP contribution in [0.25, 0.3) is 0 Å². The third-order valence-corrected chi connectivity index (χ3v) is 3.72. The first-order valence-corrected chi connectivity index (χ1v) is 6.89. The highest BCUT2D eigenvalue weighted by Gasteiger charge is 2.24. The van der Waals surface area contributed by atoms with Gasteiger partial charge in [0.25, 0.3) is 0 Å². The van der Waals surface area contributed by atoms with E-state index in [0.29, 0.717) is 0 Å².